The van der Waals surface area contributed by atoms with Crippen LogP contribution >= 0.6 is 11.8 Å². The molecule has 0 saturated heterocycles. The molecule has 0 amide bonds. The van der Waals surface area contributed by atoms with Crippen LogP contribution < -0.4 is 0 Å². The van der Waals surface area contributed by atoms with E-state index in [0.29, 0.717) is 5.41 Å². The van der Waals surface area contributed by atoms with Crippen LogP contribution in [-0.2, 0) is 5.41 Å². The quantitative estimate of drug-likeness (QED) is 0.481. The zero-order chi connectivity index (χ0) is 18.7. The molecule has 0 aliphatic carbocycles. The number of fused-ring (bicyclic) bond motifs is 1. The Morgan fingerprint density at radius 3 is 2.42 bits per heavy atom. The van der Waals surface area contributed by atoms with Gasteiger partial charge in [-0.25, -0.2) is 0 Å². The molecule has 0 fully saturated rings. The highest BCUT2D eigenvalue weighted by Gasteiger charge is 2.34. The van der Waals surface area contributed by atoms with Crippen molar-refractivity contribution in [2.24, 2.45) is 0 Å². The molecule has 2 aromatic carbocycles. The molecule has 1 heterocycles. The van der Waals surface area contributed by atoms with Gasteiger partial charge >= 0.3 is 0 Å². The summed E-state index contributed by atoms with van der Waals surface area (Å²) >= 11 is 1.98. The van der Waals surface area contributed by atoms with Crippen LogP contribution in [0.5, 0.6) is 0 Å². The van der Waals surface area contributed by atoms with Gasteiger partial charge < -0.3 is 0 Å². The van der Waals surface area contributed by atoms with Crippen molar-refractivity contribution in [3.8, 4) is 11.8 Å². The minimum Gasteiger partial charge on any atom is -0.295 e. The number of aryl methyl sites for hydroxylation is 1. The first-order valence-electron chi connectivity index (χ1n) is 9.40. The molecule has 1 aliphatic heterocycles. The molecule has 1 nitrogen and oxygen atoms in total. The van der Waals surface area contributed by atoms with Crippen LogP contribution in [0.15, 0.2) is 41.3 Å². The van der Waals surface area contributed by atoms with Crippen LogP contribution in [0.2, 0.25) is 0 Å². The highest BCUT2D eigenvalue weighted by Crippen LogP contribution is 2.46. The third-order valence-electron chi connectivity index (χ3n) is 5.72. The first-order chi connectivity index (χ1) is 12.5. The second-order valence-corrected chi connectivity index (χ2v) is 8.27. The first-order valence-corrected chi connectivity index (χ1v) is 10.4. The lowest BCUT2D eigenvalue weighted by Crippen LogP contribution is -2.29. The van der Waals surface area contributed by atoms with Gasteiger partial charge in [0.05, 0.1) is 0 Å². The zero-order valence-corrected chi connectivity index (χ0v) is 16.9. The number of hydrogen-bond acceptors (Lipinski definition) is 2. The van der Waals surface area contributed by atoms with Gasteiger partial charge in [-0.3, -0.25) is 4.79 Å². The number of carbonyl (C=O) groups excluding carboxylic acids is 1. The molecular formula is C24H26OS. The van der Waals surface area contributed by atoms with E-state index in [1.54, 1.807) is 6.92 Å². The molecule has 0 saturated carbocycles. The van der Waals surface area contributed by atoms with Gasteiger partial charge in [-0.15, -0.1) is 11.8 Å². The van der Waals surface area contributed by atoms with E-state index in [0.717, 1.165) is 16.7 Å². The van der Waals surface area contributed by atoms with Gasteiger partial charge in [0.1, 0.15) is 0 Å². The highest BCUT2D eigenvalue weighted by atomic mass is 32.2. The maximum Gasteiger partial charge on any atom is 0.159 e. The molecule has 26 heavy (non-hydrogen) atoms. The molecule has 0 N–H and O–H groups in total. The van der Waals surface area contributed by atoms with Crippen molar-refractivity contribution in [3.05, 3.63) is 64.2 Å². The van der Waals surface area contributed by atoms with Gasteiger partial charge in [0, 0.05) is 21.6 Å². The fraction of sp³-hybridized carbons (Fsp3) is 0.375. The lowest BCUT2D eigenvalue weighted by molar-refractivity contribution is 0.101. The van der Waals surface area contributed by atoms with Crippen molar-refractivity contribution in [1.29, 1.82) is 0 Å². The second-order valence-electron chi connectivity index (χ2n) is 7.13. The Morgan fingerprint density at radius 1 is 1.12 bits per heavy atom. The Labute approximate surface area is 161 Å². The molecule has 134 valence electrons. The Balaban J connectivity index is 1.98. The monoisotopic (exact) mass is 362 g/mol. The molecule has 3 rings (SSSR count). The zero-order valence-electron chi connectivity index (χ0n) is 16.1. The second kappa shape index (κ2) is 7.72. The predicted octanol–water partition coefficient (Wildman–Crippen LogP) is 6.15. The van der Waals surface area contributed by atoms with Crippen LogP contribution in [0.1, 0.15) is 72.6 Å². The molecule has 0 aromatic heterocycles. The van der Waals surface area contributed by atoms with Crippen LogP contribution in [0.25, 0.3) is 0 Å². The lowest BCUT2D eigenvalue weighted by Gasteiger charge is -2.38. The molecule has 0 spiro atoms. The Morgan fingerprint density at radius 2 is 1.81 bits per heavy atom. The van der Waals surface area contributed by atoms with Crippen LogP contribution in [0.4, 0.5) is 0 Å². The predicted molar refractivity (Wildman–Crippen MR) is 111 cm³/mol. The number of rotatable bonds is 3. The third kappa shape index (κ3) is 3.60. The van der Waals surface area contributed by atoms with Gasteiger partial charge in [-0.1, -0.05) is 37.8 Å². The number of thioether (sulfide) groups is 1. The van der Waals surface area contributed by atoms with Gasteiger partial charge in [0.25, 0.3) is 0 Å². The summed E-state index contributed by atoms with van der Waals surface area (Å²) < 4.78 is 0. The summed E-state index contributed by atoms with van der Waals surface area (Å²) in [5.74, 6) is 7.94. The molecular weight excluding hydrogens is 336 g/mol. The van der Waals surface area contributed by atoms with Crippen molar-refractivity contribution in [2.75, 3.05) is 5.75 Å². The van der Waals surface area contributed by atoms with E-state index in [9.17, 15) is 4.79 Å². The van der Waals surface area contributed by atoms with E-state index in [1.807, 2.05) is 36.0 Å². The number of hydrogen-bond donors (Lipinski definition) is 0. The summed E-state index contributed by atoms with van der Waals surface area (Å²) in [6, 6.07) is 12.2. The Hall–Kier alpha value is -1.98. The highest BCUT2D eigenvalue weighted by molar-refractivity contribution is 7.99. The largest absolute Gasteiger partial charge is 0.295 e. The number of Topliss-reactive ketones (excluding diaryl/α,β-unsaturated/α-hetero) is 1. The molecule has 0 atom stereocenters. The maximum atomic E-state index is 11.4. The summed E-state index contributed by atoms with van der Waals surface area (Å²) in [6.45, 7) is 8.36. The van der Waals surface area contributed by atoms with E-state index in [2.05, 4.69) is 44.7 Å². The van der Waals surface area contributed by atoms with Crippen molar-refractivity contribution in [3.63, 3.8) is 0 Å². The number of benzene rings is 2. The number of carbonyl (C=O) groups is 1. The summed E-state index contributed by atoms with van der Waals surface area (Å²) in [5.41, 5.74) is 5.82. The fourth-order valence-electron chi connectivity index (χ4n) is 3.75. The molecule has 1 aliphatic rings. The minimum atomic E-state index is 0.0861. The van der Waals surface area contributed by atoms with E-state index in [-0.39, 0.29) is 5.78 Å². The number of ketones is 1. The molecule has 0 radical (unpaired) electrons. The SMILES string of the molecule is CCC1(CC)CCSc2cc(C)c(C#Cc3ccc(C(C)=O)cc3)cc21. The van der Waals surface area contributed by atoms with Crippen molar-refractivity contribution in [2.45, 2.75) is 57.3 Å². The van der Waals surface area contributed by atoms with Crippen LogP contribution in [0.3, 0.4) is 0 Å². The fourth-order valence-corrected chi connectivity index (χ4v) is 5.16. The average Bonchev–Trinajstić information content (AvgIpc) is 2.66. The van der Waals surface area contributed by atoms with E-state index in [1.165, 1.54) is 41.0 Å². The summed E-state index contributed by atoms with van der Waals surface area (Å²) in [6.07, 6.45) is 3.61. The average molecular weight is 363 g/mol. The Kier molecular flexibility index (Phi) is 5.58. The van der Waals surface area contributed by atoms with E-state index in [4.69, 9.17) is 0 Å². The summed E-state index contributed by atoms with van der Waals surface area (Å²) in [5, 5.41) is 0. The topological polar surface area (TPSA) is 17.1 Å². The van der Waals surface area contributed by atoms with Crippen molar-refractivity contribution in [1.82, 2.24) is 0 Å². The first kappa shape index (κ1) is 18.8. The van der Waals surface area contributed by atoms with Crippen LogP contribution in [-0.4, -0.2) is 11.5 Å². The summed E-state index contributed by atoms with van der Waals surface area (Å²) in [4.78, 5) is 12.8. The standard InChI is InChI=1S/C24H26OS/c1-5-24(6-2)13-14-26-23-15-17(3)21(16-22(23)24)12-9-19-7-10-20(11-8-19)18(4)25/h7-8,10-11,15-16H,5-6,13-14H2,1-4H3. The minimum absolute atomic E-state index is 0.0861. The Bertz CT molecular complexity index is 877. The lowest BCUT2D eigenvalue weighted by atomic mass is 9.73. The molecule has 0 bridgehead atoms. The van der Waals surface area contributed by atoms with Gasteiger partial charge in [-0.05, 0) is 79.7 Å². The normalized spacial score (nSPS) is 14.9. The van der Waals surface area contributed by atoms with E-state index < -0.39 is 0 Å². The van der Waals surface area contributed by atoms with Gasteiger partial charge in [0.2, 0.25) is 0 Å². The van der Waals surface area contributed by atoms with E-state index >= 15 is 0 Å². The molecule has 2 heteroatoms. The molecule has 0 unspecified atom stereocenters. The summed E-state index contributed by atoms with van der Waals surface area (Å²) in [7, 11) is 0. The third-order valence-corrected chi connectivity index (χ3v) is 6.78. The van der Waals surface area contributed by atoms with Crippen molar-refractivity contribution >= 4 is 17.5 Å². The van der Waals surface area contributed by atoms with Crippen molar-refractivity contribution < 1.29 is 4.79 Å². The van der Waals surface area contributed by atoms with Gasteiger partial charge in [0.15, 0.2) is 5.78 Å². The maximum absolute atomic E-state index is 11.4. The smallest absolute Gasteiger partial charge is 0.159 e. The van der Waals surface area contributed by atoms with Crippen LogP contribution in [0, 0.1) is 18.8 Å². The molecule has 2 aromatic rings. The van der Waals surface area contributed by atoms with Gasteiger partial charge in [-0.2, -0.15) is 0 Å².